The molecule has 3 aliphatic rings. The number of unbranched alkanes of at least 4 members (excludes halogenated alkanes) is 1. The van der Waals surface area contributed by atoms with Crippen LogP contribution in [0.25, 0.3) is 10.2 Å². The third kappa shape index (κ3) is 8.37. The molecule has 13 nitrogen and oxygen atoms in total. The van der Waals surface area contributed by atoms with Gasteiger partial charge in [-0.15, -0.1) is 11.3 Å². The third-order valence-electron chi connectivity index (χ3n) is 11.1. The van der Waals surface area contributed by atoms with E-state index in [-0.39, 0.29) is 29.9 Å². The van der Waals surface area contributed by atoms with Crippen molar-refractivity contribution in [3.63, 3.8) is 0 Å². The Bertz CT molecular complexity index is 2190. The number of aromatic nitrogens is 2. The highest BCUT2D eigenvalue weighted by molar-refractivity contribution is 7.18. The Morgan fingerprint density at radius 2 is 1.75 bits per heavy atom. The number of aliphatic hydroxyl groups is 1. The summed E-state index contributed by atoms with van der Waals surface area (Å²) in [6, 6.07) is 13.3. The number of imide groups is 2. The molecule has 294 valence electrons. The number of pyridine rings is 1. The van der Waals surface area contributed by atoms with Crippen LogP contribution in [0.2, 0.25) is 0 Å². The molecule has 4 N–H and O–H groups in total. The predicted molar refractivity (Wildman–Crippen MR) is 215 cm³/mol. The van der Waals surface area contributed by atoms with E-state index in [4.69, 9.17) is 4.98 Å². The molecule has 1 saturated carbocycles. The van der Waals surface area contributed by atoms with Gasteiger partial charge in [0.2, 0.25) is 11.8 Å². The minimum absolute atomic E-state index is 0.0837. The van der Waals surface area contributed by atoms with Crippen molar-refractivity contribution in [3.8, 4) is 0 Å². The van der Waals surface area contributed by atoms with Crippen molar-refractivity contribution in [1.29, 1.82) is 0 Å². The normalized spacial score (nSPS) is 20.1. The summed E-state index contributed by atoms with van der Waals surface area (Å²) in [6.07, 6.45) is 6.41. The monoisotopic (exact) mass is 779 g/mol. The molecule has 2 aromatic carbocycles. The van der Waals surface area contributed by atoms with Crippen molar-refractivity contribution < 1.29 is 29.1 Å². The first-order chi connectivity index (χ1) is 26.8. The summed E-state index contributed by atoms with van der Waals surface area (Å²) in [5.41, 5.74) is 3.02. The summed E-state index contributed by atoms with van der Waals surface area (Å²) in [5.74, 6) is -1.38. The van der Waals surface area contributed by atoms with Crippen molar-refractivity contribution in [3.05, 3.63) is 81.6 Å². The van der Waals surface area contributed by atoms with Gasteiger partial charge in [-0.2, -0.15) is 0 Å². The number of carbonyl (C=O) groups excluding carboxylic acids is 5. The first-order valence-corrected chi connectivity index (χ1v) is 20.3. The largest absolute Gasteiger partial charge is 0.386 e. The van der Waals surface area contributed by atoms with Gasteiger partial charge in [0.1, 0.15) is 11.7 Å². The molecule has 0 bridgehead atoms. The average Bonchev–Trinajstić information content (AvgIpc) is 3.69. The molecular formula is C42H49N7O6S. The number of aryl methyl sites for hydroxylation is 1. The molecule has 0 spiro atoms. The summed E-state index contributed by atoms with van der Waals surface area (Å²) in [7, 11) is 2.16. The van der Waals surface area contributed by atoms with Crippen molar-refractivity contribution in [2.24, 2.45) is 5.92 Å². The van der Waals surface area contributed by atoms with Gasteiger partial charge >= 0.3 is 0 Å². The van der Waals surface area contributed by atoms with E-state index in [0.29, 0.717) is 41.0 Å². The van der Waals surface area contributed by atoms with Gasteiger partial charge in [-0.3, -0.25) is 34.2 Å². The van der Waals surface area contributed by atoms with Crippen molar-refractivity contribution in [2.75, 3.05) is 37.3 Å². The highest BCUT2D eigenvalue weighted by atomic mass is 32.1. The lowest BCUT2D eigenvalue weighted by Gasteiger charge is -2.30. The van der Waals surface area contributed by atoms with E-state index in [0.717, 1.165) is 77.4 Å². The maximum Gasteiger partial charge on any atom is 0.274 e. The summed E-state index contributed by atoms with van der Waals surface area (Å²) in [4.78, 5) is 76.4. The van der Waals surface area contributed by atoms with Gasteiger partial charge < -0.3 is 20.6 Å². The molecule has 1 aliphatic carbocycles. The van der Waals surface area contributed by atoms with Gasteiger partial charge in [-0.05, 0) is 122 Å². The average molecular weight is 780 g/mol. The molecule has 0 radical (unpaired) electrons. The lowest BCUT2D eigenvalue weighted by Crippen LogP contribution is -2.54. The highest BCUT2D eigenvalue weighted by Gasteiger charge is 2.45. The molecule has 5 amide bonds. The van der Waals surface area contributed by atoms with Gasteiger partial charge in [0, 0.05) is 48.1 Å². The molecule has 2 aliphatic heterocycles. The van der Waals surface area contributed by atoms with Crippen LogP contribution in [-0.2, 0) is 15.2 Å². The predicted octanol–water partition coefficient (Wildman–Crippen LogP) is 5.98. The zero-order valence-corrected chi connectivity index (χ0v) is 33.1. The topological polar surface area (TPSA) is 174 Å². The molecule has 56 heavy (non-hydrogen) atoms. The van der Waals surface area contributed by atoms with Crippen molar-refractivity contribution >= 4 is 62.5 Å². The molecule has 4 aromatic rings. The van der Waals surface area contributed by atoms with E-state index < -0.39 is 35.3 Å². The van der Waals surface area contributed by atoms with Crippen LogP contribution in [0.3, 0.4) is 0 Å². The van der Waals surface area contributed by atoms with Gasteiger partial charge in [-0.1, -0.05) is 12.1 Å². The number of nitrogens with one attached hydrogen (secondary N) is 3. The van der Waals surface area contributed by atoms with E-state index >= 15 is 0 Å². The Kier molecular flexibility index (Phi) is 11.3. The standard InChI is InChI=1S/C42H49N7O6S/c1-24-9-7-12-30(44-24)37(51)45-31-22-34-32(21-28(31)42(2,3)55)46-39(56-34)26-15-13-25(14-16-26)23-48(4)20-6-5-19-43-29-11-8-10-27-36(29)41(54)49(40(27)53)33-17-18-35(50)47-38(33)52/h7-12,21-22,25-26,33,43,55H,5-6,13-20,23H2,1-4H3,(H,45,51)(H,47,50,52)/t25-,26-,33?. The number of nitrogens with zero attached hydrogens (tertiary/aromatic N) is 4. The van der Waals surface area contributed by atoms with Crippen molar-refractivity contribution in [1.82, 2.24) is 25.1 Å². The van der Waals surface area contributed by atoms with E-state index in [1.165, 1.54) is 0 Å². The quantitative estimate of drug-likeness (QED) is 0.0935. The first kappa shape index (κ1) is 39.2. The van der Waals surface area contributed by atoms with Crippen LogP contribution in [0.5, 0.6) is 0 Å². The number of rotatable bonds is 13. The third-order valence-corrected chi connectivity index (χ3v) is 12.3. The molecule has 4 heterocycles. The number of benzene rings is 2. The zero-order valence-electron chi connectivity index (χ0n) is 32.3. The fraction of sp³-hybridized carbons (Fsp3) is 0.452. The molecule has 2 aromatic heterocycles. The van der Waals surface area contributed by atoms with E-state index in [2.05, 4.69) is 32.9 Å². The number of fused-ring (bicyclic) bond motifs is 2. The number of piperidine rings is 1. The number of thiazole rings is 1. The fourth-order valence-electron chi connectivity index (χ4n) is 8.15. The van der Waals surface area contributed by atoms with E-state index in [1.54, 1.807) is 55.5 Å². The fourth-order valence-corrected chi connectivity index (χ4v) is 9.31. The summed E-state index contributed by atoms with van der Waals surface area (Å²) in [5, 5.41) is 20.7. The van der Waals surface area contributed by atoms with Gasteiger partial charge in [0.05, 0.1) is 32.0 Å². The Morgan fingerprint density at radius 1 is 0.982 bits per heavy atom. The highest BCUT2D eigenvalue weighted by Crippen LogP contribution is 2.41. The van der Waals surface area contributed by atoms with Crippen LogP contribution < -0.4 is 16.0 Å². The van der Waals surface area contributed by atoms with Gasteiger partial charge in [-0.25, -0.2) is 9.97 Å². The van der Waals surface area contributed by atoms with Crippen molar-refractivity contribution in [2.45, 2.75) is 89.7 Å². The van der Waals surface area contributed by atoms with Crippen LogP contribution in [0.1, 0.15) is 119 Å². The van der Waals surface area contributed by atoms with Crippen LogP contribution in [-0.4, -0.2) is 87.1 Å². The Morgan fingerprint density at radius 3 is 2.48 bits per heavy atom. The Labute approximate surface area is 330 Å². The maximum absolute atomic E-state index is 13.4. The second-order valence-corrected chi connectivity index (χ2v) is 16.9. The minimum Gasteiger partial charge on any atom is -0.386 e. The van der Waals surface area contributed by atoms with Gasteiger partial charge in [0.15, 0.2) is 0 Å². The Hall–Kier alpha value is -5.05. The lowest BCUT2D eigenvalue weighted by molar-refractivity contribution is -0.136. The molecule has 14 heteroatoms. The molecule has 1 unspecified atom stereocenters. The van der Waals surface area contributed by atoms with Crippen LogP contribution >= 0.6 is 11.3 Å². The number of carbonyl (C=O) groups is 5. The van der Waals surface area contributed by atoms with E-state index in [1.807, 2.05) is 25.1 Å². The number of hydrogen-bond donors (Lipinski definition) is 4. The molecule has 2 fully saturated rings. The summed E-state index contributed by atoms with van der Waals surface area (Å²) < 4.78 is 0.975. The molecule has 1 atom stereocenters. The molecule has 1 saturated heterocycles. The Balaban J connectivity index is 0.879. The van der Waals surface area contributed by atoms with Crippen LogP contribution in [0, 0.1) is 12.8 Å². The first-order valence-electron chi connectivity index (χ1n) is 19.5. The van der Waals surface area contributed by atoms with Gasteiger partial charge in [0.25, 0.3) is 17.7 Å². The maximum atomic E-state index is 13.4. The van der Waals surface area contributed by atoms with Crippen LogP contribution in [0.15, 0.2) is 48.5 Å². The molecule has 7 rings (SSSR count). The summed E-state index contributed by atoms with van der Waals surface area (Å²) in [6.45, 7) is 7.85. The lowest BCUT2D eigenvalue weighted by atomic mass is 9.82. The summed E-state index contributed by atoms with van der Waals surface area (Å²) >= 11 is 1.66. The van der Waals surface area contributed by atoms with Crippen LogP contribution in [0.4, 0.5) is 11.4 Å². The van der Waals surface area contributed by atoms with E-state index in [9.17, 15) is 29.1 Å². The smallest absolute Gasteiger partial charge is 0.274 e. The zero-order chi connectivity index (χ0) is 39.7. The molecular weight excluding hydrogens is 731 g/mol. The number of amides is 5. The second kappa shape index (κ2) is 16.2. The minimum atomic E-state index is -1.19. The number of anilines is 2. The SMILES string of the molecule is Cc1cccc(C(=O)Nc2cc3sc([C@H]4CC[C@H](CN(C)CCCCNc5cccc6c5C(=O)N(C5CCC(=O)NC5=O)C6=O)CC4)nc3cc2C(C)(C)O)n1. The second-order valence-electron chi connectivity index (χ2n) is 15.9. The number of hydrogen-bond acceptors (Lipinski definition) is 11.